The van der Waals surface area contributed by atoms with Gasteiger partial charge in [-0.1, -0.05) is 49.1 Å². The summed E-state index contributed by atoms with van der Waals surface area (Å²) in [5.41, 5.74) is 6.19. The number of amides is 3. The fourth-order valence-corrected chi connectivity index (χ4v) is 9.68. The van der Waals surface area contributed by atoms with Crippen LogP contribution < -0.4 is 15.0 Å². The zero-order chi connectivity index (χ0) is 40.6. The quantitative estimate of drug-likeness (QED) is 0.113. The second-order valence-electron chi connectivity index (χ2n) is 16.5. The smallest absolute Gasteiger partial charge is 0.258 e. The number of methoxy groups -OCH3 is 1. The lowest BCUT2D eigenvalue weighted by Gasteiger charge is -2.45. The predicted octanol–water partition coefficient (Wildman–Crippen LogP) is 6.11. The number of imide groups is 1. The number of hydrogen-bond donors (Lipinski definition) is 3. The lowest BCUT2D eigenvalue weighted by atomic mass is 9.69. The highest BCUT2D eigenvalue weighted by atomic mass is 16.5. The molecule has 3 N–H and O–H groups in total. The number of carbonyl (C=O) groups excluding carboxylic acids is 3. The lowest BCUT2D eigenvalue weighted by Crippen LogP contribution is -2.52. The normalized spacial score (nSPS) is 26.3. The van der Waals surface area contributed by atoms with Crippen molar-refractivity contribution >= 4 is 23.4 Å². The molecule has 1 unspecified atom stereocenters. The number of phenolic OH excluding ortho intramolecular Hbond substituents is 1. The van der Waals surface area contributed by atoms with Gasteiger partial charge >= 0.3 is 0 Å². The van der Waals surface area contributed by atoms with Crippen LogP contribution in [0.4, 0.5) is 5.69 Å². The number of piperidine rings is 1. The van der Waals surface area contributed by atoms with E-state index in [0.29, 0.717) is 49.3 Å². The zero-order valence-electron chi connectivity index (χ0n) is 33.5. The van der Waals surface area contributed by atoms with E-state index in [1.54, 1.807) is 18.1 Å². The average Bonchev–Trinajstić information content (AvgIpc) is 3.55. The molecule has 3 aromatic rings. The van der Waals surface area contributed by atoms with Crippen molar-refractivity contribution in [2.45, 2.75) is 88.0 Å². The first kappa shape index (κ1) is 39.4. The van der Waals surface area contributed by atoms with Crippen molar-refractivity contribution in [3.05, 3.63) is 125 Å². The molecule has 3 atom stereocenters. The number of carbonyl (C=O) groups is 3. The number of nitrogens with one attached hydrogen (secondary N) is 1. The maximum atomic E-state index is 13.4. The summed E-state index contributed by atoms with van der Waals surface area (Å²) in [5, 5.41) is 24.0. The Kier molecular flexibility index (Phi) is 11.2. The summed E-state index contributed by atoms with van der Waals surface area (Å²) < 4.78 is 12.1. The number of ether oxygens (including phenoxy) is 2. The summed E-state index contributed by atoms with van der Waals surface area (Å²) in [6.45, 7) is 10.9. The Balaban J connectivity index is 0.819. The third-order valence-electron chi connectivity index (χ3n) is 12.9. The zero-order valence-corrected chi connectivity index (χ0v) is 33.5. The van der Waals surface area contributed by atoms with Crippen molar-refractivity contribution in [3.63, 3.8) is 0 Å². The number of nitrogens with zero attached hydrogens (tertiary/aromatic N) is 3. The second kappa shape index (κ2) is 16.5. The van der Waals surface area contributed by atoms with Crippen LogP contribution in [-0.4, -0.2) is 95.3 Å². The van der Waals surface area contributed by atoms with Crippen molar-refractivity contribution in [1.82, 2.24) is 15.1 Å². The van der Waals surface area contributed by atoms with E-state index in [9.17, 15) is 24.6 Å². The molecule has 11 nitrogen and oxygen atoms in total. The topological polar surface area (TPSA) is 132 Å². The van der Waals surface area contributed by atoms with E-state index in [1.165, 1.54) is 16.7 Å². The van der Waals surface area contributed by atoms with Gasteiger partial charge in [-0.3, -0.25) is 24.6 Å². The van der Waals surface area contributed by atoms with E-state index in [0.717, 1.165) is 68.1 Å². The first-order valence-electron chi connectivity index (χ1n) is 20.6. The van der Waals surface area contributed by atoms with E-state index in [-0.39, 0.29) is 36.2 Å². The summed E-state index contributed by atoms with van der Waals surface area (Å²) in [4.78, 5) is 43.9. The standard InChI is InChI=1S/C47H54N4O7/c1-4-36(13-10-30(2)43-38(31-8-6-5-7-9-31)14-11-32-25-35(52)12-15-39(32)43)58-37-27-47(56,28-37)18-19-49-20-22-50(23-21-49)34-24-33-29-51(40-16-17-42(53)48-45(40)54)46(55)44(33)41(26-34)57-3/h4-10,12-13,15,24-26,37-38,40,43,52,56H,2,11,14,16-23,27-29H2,1,3H3,(H,48,53,54)/b13-10-,36-4+/t37?,38-,40?,43+,47?/m1/s1. The van der Waals surface area contributed by atoms with Crippen molar-refractivity contribution in [1.29, 1.82) is 0 Å². The van der Waals surface area contributed by atoms with Gasteiger partial charge in [-0.15, -0.1) is 0 Å². The highest BCUT2D eigenvalue weighted by Gasteiger charge is 2.45. The molecule has 0 bridgehead atoms. The SMILES string of the molecule is C=C(/C=C\C(=C/C)OC1CC(O)(CCN2CCN(c3cc4c(c(OC)c3)C(=O)N(C3CCC(=O)NC3=O)C4)CC2)C1)[C@@H]1c2ccc(O)cc2CC[C@@H]1c1ccccc1. The van der Waals surface area contributed by atoms with Crippen molar-refractivity contribution in [2.24, 2.45) is 0 Å². The van der Waals surface area contributed by atoms with Crippen molar-refractivity contribution in [2.75, 3.05) is 44.7 Å². The van der Waals surface area contributed by atoms with Crippen LogP contribution >= 0.6 is 0 Å². The number of piperazine rings is 1. The van der Waals surface area contributed by atoms with Crippen LogP contribution in [0.5, 0.6) is 11.5 Å². The van der Waals surface area contributed by atoms with Gasteiger partial charge in [-0.05, 0) is 96.7 Å². The van der Waals surface area contributed by atoms with Crippen LogP contribution in [0.1, 0.15) is 89.9 Å². The van der Waals surface area contributed by atoms with Gasteiger partial charge in [0.1, 0.15) is 29.4 Å². The molecule has 2 aliphatic carbocycles. The first-order valence-corrected chi connectivity index (χ1v) is 20.6. The third kappa shape index (κ3) is 8.02. The fourth-order valence-electron chi connectivity index (χ4n) is 9.68. The Hall–Kier alpha value is -5.39. The van der Waals surface area contributed by atoms with E-state index >= 15 is 0 Å². The monoisotopic (exact) mass is 786 g/mol. The average molecular weight is 787 g/mol. The Morgan fingerprint density at radius 1 is 0.966 bits per heavy atom. The number of hydrogen-bond acceptors (Lipinski definition) is 9. The van der Waals surface area contributed by atoms with Gasteiger partial charge < -0.3 is 29.5 Å². The maximum Gasteiger partial charge on any atom is 0.258 e. The second-order valence-corrected chi connectivity index (χ2v) is 16.5. The Labute approximate surface area is 340 Å². The number of rotatable bonds is 12. The van der Waals surface area contributed by atoms with Gasteiger partial charge in [0.25, 0.3) is 5.91 Å². The molecule has 58 heavy (non-hydrogen) atoms. The lowest BCUT2D eigenvalue weighted by molar-refractivity contribution is -0.137. The summed E-state index contributed by atoms with van der Waals surface area (Å²) in [5.74, 6) is 0.930. The highest BCUT2D eigenvalue weighted by Crippen LogP contribution is 2.47. The van der Waals surface area contributed by atoms with Crippen LogP contribution in [0, 0.1) is 0 Å². The van der Waals surface area contributed by atoms with Gasteiger partial charge in [-0.25, -0.2) is 0 Å². The van der Waals surface area contributed by atoms with E-state index in [4.69, 9.17) is 9.47 Å². The minimum Gasteiger partial charge on any atom is -0.508 e. The van der Waals surface area contributed by atoms with E-state index in [2.05, 4.69) is 52.0 Å². The molecule has 1 saturated carbocycles. The summed E-state index contributed by atoms with van der Waals surface area (Å²) in [6.07, 6.45) is 10.2. The molecule has 11 heteroatoms. The summed E-state index contributed by atoms with van der Waals surface area (Å²) >= 11 is 0. The van der Waals surface area contributed by atoms with Gasteiger partial charge in [-0.2, -0.15) is 0 Å². The number of anilines is 1. The van der Waals surface area contributed by atoms with Gasteiger partial charge in [0.2, 0.25) is 11.8 Å². The van der Waals surface area contributed by atoms with Crippen LogP contribution in [0.3, 0.4) is 0 Å². The number of allylic oxidation sites excluding steroid dienone is 4. The van der Waals surface area contributed by atoms with E-state index in [1.807, 2.05) is 49.4 Å². The number of aliphatic hydroxyl groups is 1. The highest BCUT2D eigenvalue weighted by molar-refractivity contribution is 6.06. The van der Waals surface area contributed by atoms with Crippen LogP contribution in [0.25, 0.3) is 0 Å². The Morgan fingerprint density at radius 3 is 2.47 bits per heavy atom. The van der Waals surface area contributed by atoms with Crippen LogP contribution in [0.15, 0.2) is 96.8 Å². The molecule has 0 radical (unpaired) electrons. The van der Waals surface area contributed by atoms with Gasteiger partial charge in [0.15, 0.2) is 0 Å². The van der Waals surface area contributed by atoms with E-state index < -0.39 is 17.6 Å². The Bertz CT molecular complexity index is 2130. The Morgan fingerprint density at radius 2 is 1.74 bits per heavy atom. The number of fused-ring (bicyclic) bond motifs is 2. The summed E-state index contributed by atoms with van der Waals surface area (Å²) in [7, 11) is 1.56. The molecule has 2 saturated heterocycles. The summed E-state index contributed by atoms with van der Waals surface area (Å²) in [6, 6.07) is 19.6. The minimum absolute atomic E-state index is 0.0611. The van der Waals surface area contributed by atoms with Crippen molar-refractivity contribution in [3.8, 4) is 11.5 Å². The number of phenols is 1. The number of benzene rings is 3. The molecule has 3 heterocycles. The largest absolute Gasteiger partial charge is 0.508 e. The molecule has 5 aliphatic rings. The third-order valence-corrected chi connectivity index (χ3v) is 12.9. The molecule has 3 aromatic carbocycles. The predicted molar refractivity (Wildman–Crippen MR) is 222 cm³/mol. The molecule has 8 rings (SSSR count). The molecule has 3 fully saturated rings. The molecule has 304 valence electrons. The minimum atomic E-state index is -0.761. The molecular formula is C47H54N4O7. The molecular weight excluding hydrogens is 733 g/mol. The van der Waals surface area contributed by atoms with Gasteiger partial charge in [0, 0.05) is 76.2 Å². The van der Waals surface area contributed by atoms with Crippen LogP contribution in [-0.2, 0) is 27.3 Å². The molecule has 3 aliphatic heterocycles. The first-order chi connectivity index (χ1) is 28.0. The number of aryl methyl sites for hydroxylation is 1. The number of aromatic hydroxyl groups is 1. The van der Waals surface area contributed by atoms with Crippen molar-refractivity contribution < 1.29 is 34.1 Å². The molecule has 3 amide bonds. The maximum absolute atomic E-state index is 13.4. The fraction of sp³-hybridized carbons (Fsp3) is 0.426. The van der Waals surface area contributed by atoms with Crippen LogP contribution in [0.2, 0.25) is 0 Å². The van der Waals surface area contributed by atoms with Gasteiger partial charge in [0.05, 0.1) is 18.3 Å². The molecule has 0 spiro atoms. The molecule has 0 aromatic heterocycles.